The zero-order valence-electron chi connectivity index (χ0n) is 24.5. The lowest BCUT2D eigenvalue weighted by Crippen LogP contribution is -2.54. The number of hydrogen-bond acceptors (Lipinski definition) is 4. The number of rotatable bonds is 12. The van der Waals surface area contributed by atoms with E-state index in [9.17, 15) is 18.0 Å². The van der Waals surface area contributed by atoms with Crippen molar-refractivity contribution in [3.63, 3.8) is 0 Å². The molecule has 4 rings (SSSR count). The maximum Gasteiger partial charge on any atom is 0.244 e. The van der Waals surface area contributed by atoms with E-state index in [0.29, 0.717) is 12.1 Å². The second kappa shape index (κ2) is 14.3. The van der Waals surface area contributed by atoms with E-state index in [0.717, 1.165) is 57.4 Å². The molecule has 42 heavy (non-hydrogen) atoms. The summed E-state index contributed by atoms with van der Waals surface area (Å²) in [6, 6.07) is 23.7. The third kappa shape index (κ3) is 8.67. The van der Waals surface area contributed by atoms with Crippen molar-refractivity contribution >= 4 is 43.5 Å². The van der Waals surface area contributed by atoms with Crippen molar-refractivity contribution in [2.45, 2.75) is 70.5 Å². The molecule has 0 aromatic heterocycles. The Kier molecular flexibility index (Phi) is 10.8. The predicted molar refractivity (Wildman–Crippen MR) is 172 cm³/mol. The number of amides is 2. The number of nitrogens with zero attached hydrogens (tertiary/aromatic N) is 2. The minimum Gasteiger partial charge on any atom is -0.352 e. The third-order valence-electron chi connectivity index (χ3n) is 7.77. The Morgan fingerprint density at radius 2 is 1.52 bits per heavy atom. The molecule has 224 valence electrons. The van der Waals surface area contributed by atoms with Crippen molar-refractivity contribution in [3.05, 3.63) is 100 Å². The van der Waals surface area contributed by atoms with E-state index in [-0.39, 0.29) is 24.4 Å². The van der Waals surface area contributed by atoms with Crippen LogP contribution in [0.3, 0.4) is 0 Å². The van der Waals surface area contributed by atoms with Crippen LogP contribution in [-0.4, -0.2) is 50.0 Å². The molecule has 1 atom stereocenters. The quantitative estimate of drug-likeness (QED) is 0.258. The summed E-state index contributed by atoms with van der Waals surface area (Å²) in [6.45, 7) is 3.87. The first kappa shape index (κ1) is 31.8. The molecule has 1 fully saturated rings. The van der Waals surface area contributed by atoms with Crippen molar-refractivity contribution in [1.29, 1.82) is 0 Å². The van der Waals surface area contributed by atoms with Crippen LogP contribution in [0.5, 0.6) is 0 Å². The molecule has 7 nitrogen and oxygen atoms in total. The fourth-order valence-electron chi connectivity index (χ4n) is 5.35. The largest absolute Gasteiger partial charge is 0.352 e. The van der Waals surface area contributed by atoms with Gasteiger partial charge in [-0.05, 0) is 59.7 Å². The van der Waals surface area contributed by atoms with Crippen molar-refractivity contribution in [3.8, 4) is 0 Å². The van der Waals surface area contributed by atoms with Crippen LogP contribution in [0.25, 0.3) is 0 Å². The molecule has 0 bridgehead atoms. The summed E-state index contributed by atoms with van der Waals surface area (Å²) in [7, 11) is -3.80. The van der Waals surface area contributed by atoms with Crippen LogP contribution in [0.2, 0.25) is 0 Å². The van der Waals surface area contributed by atoms with E-state index in [1.54, 1.807) is 17.0 Å². The van der Waals surface area contributed by atoms with Gasteiger partial charge in [0.25, 0.3) is 0 Å². The summed E-state index contributed by atoms with van der Waals surface area (Å²) in [4.78, 5) is 29.7. The lowest BCUT2D eigenvalue weighted by atomic mass is 10.0. The molecule has 3 aromatic rings. The summed E-state index contributed by atoms with van der Waals surface area (Å²) in [6.07, 6.45) is 5.37. The lowest BCUT2D eigenvalue weighted by molar-refractivity contribution is -0.140. The van der Waals surface area contributed by atoms with Gasteiger partial charge in [0.15, 0.2) is 0 Å². The zero-order valence-corrected chi connectivity index (χ0v) is 26.9. The van der Waals surface area contributed by atoms with Gasteiger partial charge in [0.1, 0.15) is 12.6 Å². The molecule has 0 radical (unpaired) electrons. The topological polar surface area (TPSA) is 86.8 Å². The van der Waals surface area contributed by atoms with Crippen molar-refractivity contribution in [1.82, 2.24) is 10.2 Å². The number of halogens is 1. The Morgan fingerprint density at radius 1 is 0.905 bits per heavy atom. The number of anilines is 1. The van der Waals surface area contributed by atoms with Gasteiger partial charge in [-0.25, -0.2) is 8.42 Å². The summed E-state index contributed by atoms with van der Waals surface area (Å²) < 4.78 is 28.0. The van der Waals surface area contributed by atoms with E-state index < -0.39 is 28.5 Å². The van der Waals surface area contributed by atoms with E-state index >= 15 is 0 Å². The molecule has 3 aromatic carbocycles. The number of carbonyl (C=O) groups is 2. The second-order valence-electron chi connectivity index (χ2n) is 11.4. The van der Waals surface area contributed by atoms with Gasteiger partial charge in [-0.3, -0.25) is 13.9 Å². The van der Waals surface area contributed by atoms with Crippen molar-refractivity contribution in [2.75, 3.05) is 17.1 Å². The highest BCUT2D eigenvalue weighted by molar-refractivity contribution is 9.10. The molecule has 1 N–H and O–H groups in total. The van der Waals surface area contributed by atoms with E-state index in [2.05, 4.69) is 35.1 Å². The average molecular weight is 655 g/mol. The summed E-state index contributed by atoms with van der Waals surface area (Å²) in [5.74, 6) is -0.381. The first-order chi connectivity index (χ1) is 20.0. The van der Waals surface area contributed by atoms with Crippen LogP contribution in [0.1, 0.15) is 62.1 Å². The van der Waals surface area contributed by atoms with E-state index in [1.807, 2.05) is 66.7 Å². The minimum atomic E-state index is -3.80. The maximum absolute atomic E-state index is 14.2. The molecule has 0 spiro atoms. The zero-order chi connectivity index (χ0) is 30.3. The summed E-state index contributed by atoms with van der Waals surface area (Å²) in [5.41, 5.74) is 3.24. The van der Waals surface area contributed by atoms with E-state index in [1.165, 1.54) is 0 Å². The molecular weight excluding hydrogens is 614 g/mol. The molecule has 0 aliphatic heterocycles. The number of nitrogens with one attached hydrogen (secondary N) is 1. The Balaban J connectivity index is 1.71. The molecule has 1 aliphatic rings. The SMILES string of the molecule is CC(C)c1ccc(N(CC(=O)N(Cc2ccc(Br)cc2)[C@@H](Cc2ccccc2)C(=O)NC2CCCC2)S(C)(=O)=O)cc1. The second-order valence-corrected chi connectivity index (χ2v) is 14.2. The highest BCUT2D eigenvalue weighted by Gasteiger charge is 2.34. The first-order valence-electron chi connectivity index (χ1n) is 14.5. The van der Waals surface area contributed by atoms with Gasteiger partial charge in [0.2, 0.25) is 21.8 Å². The van der Waals surface area contributed by atoms with Gasteiger partial charge in [0.05, 0.1) is 11.9 Å². The number of hydrogen-bond donors (Lipinski definition) is 1. The Bertz CT molecular complexity index is 1440. The summed E-state index contributed by atoms with van der Waals surface area (Å²) >= 11 is 3.46. The Labute approximate surface area is 258 Å². The first-order valence-corrected chi connectivity index (χ1v) is 17.1. The Hall–Kier alpha value is -3.17. The fourth-order valence-corrected chi connectivity index (χ4v) is 6.46. The monoisotopic (exact) mass is 653 g/mol. The predicted octanol–water partition coefficient (Wildman–Crippen LogP) is 6.04. The molecule has 0 heterocycles. The smallest absolute Gasteiger partial charge is 0.244 e. The minimum absolute atomic E-state index is 0.0763. The maximum atomic E-state index is 14.2. The van der Waals surface area contributed by atoms with Gasteiger partial charge in [0, 0.05) is 23.5 Å². The number of carbonyl (C=O) groups excluding carboxylic acids is 2. The molecule has 0 unspecified atom stereocenters. The van der Waals surface area contributed by atoms with Gasteiger partial charge >= 0.3 is 0 Å². The van der Waals surface area contributed by atoms with Gasteiger partial charge in [-0.15, -0.1) is 0 Å². The van der Waals surface area contributed by atoms with E-state index in [4.69, 9.17) is 0 Å². The van der Waals surface area contributed by atoms with Crippen LogP contribution in [0.15, 0.2) is 83.3 Å². The highest BCUT2D eigenvalue weighted by atomic mass is 79.9. The van der Waals surface area contributed by atoms with Crippen molar-refractivity contribution in [2.24, 2.45) is 0 Å². The fraction of sp³-hybridized carbons (Fsp3) is 0.394. The van der Waals surface area contributed by atoms with Crippen molar-refractivity contribution < 1.29 is 18.0 Å². The molecular formula is C33H40BrN3O4S. The van der Waals surface area contributed by atoms with Crippen LogP contribution >= 0.6 is 15.9 Å². The summed E-state index contributed by atoms with van der Waals surface area (Å²) in [5, 5.41) is 3.19. The molecule has 1 saturated carbocycles. The standard InChI is InChI=1S/C33H40BrN3O4S/c1-24(2)27-15-19-30(20-16-27)37(42(3,40)41)23-32(38)36(22-26-13-17-28(34)18-14-26)31(21-25-9-5-4-6-10-25)33(39)35-29-11-7-8-12-29/h4-6,9-10,13-20,24,29,31H,7-8,11-12,21-23H2,1-3H3,(H,35,39)/t31-/m0/s1. The van der Waals surface area contributed by atoms with Gasteiger partial charge in [-0.2, -0.15) is 0 Å². The third-order valence-corrected chi connectivity index (χ3v) is 9.44. The lowest BCUT2D eigenvalue weighted by Gasteiger charge is -2.34. The van der Waals surface area contributed by atoms with Crippen LogP contribution in [0.4, 0.5) is 5.69 Å². The van der Waals surface area contributed by atoms with Crippen LogP contribution < -0.4 is 9.62 Å². The molecule has 0 saturated heterocycles. The molecule has 2 amide bonds. The van der Waals surface area contributed by atoms with Gasteiger partial charge in [-0.1, -0.05) is 97.2 Å². The Morgan fingerprint density at radius 3 is 2.10 bits per heavy atom. The molecule has 1 aliphatic carbocycles. The van der Waals surface area contributed by atoms with Gasteiger partial charge < -0.3 is 10.2 Å². The molecule has 9 heteroatoms. The van der Waals surface area contributed by atoms with Crippen LogP contribution in [0, 0.1) is 0 Å². The highest BCUT2D eigenvalue weighted by Crippen LogP contribution is 2.24. The normalized spacial score (nSPS) is 14.5. The average Bonchev–Trinajstić information content (AvgIpc) is 3.47. The number of sulfonamides is 1. The van der Waals surface area contributed by atoms with Crippen LogP contribution in [-0.2, 0) is 32.6 Å². The number of benzene rings is 3.